The zero-order chi connectivity index (χ0) is 72.6. The summed E-state index contributed by atoms with van der Waals surface area (Å²) in [4.78, 5) is 195. The Morgan fingerprint density at radius 1 is 0.474 bits per heavy atom. The maximum atomic E-state index is 14.9. The van der Waals surface area contributed by atoms with Gasteiger partial charge in [0.05, 0.1) is 38.6 Å². The number of aliphatic hydroxyl groups excluding tert-OH is 3. The van der Waals surface area contributed by atoms with Gasteiger partial charge in [0.25, 0.3) is 0 Å². The van der Waals surface area contributed by atoms with Gasteiger partial charge in [0, 0.05) is 0 Å². The second-order valence-electron chi connectivity index (χ2n) is 26.9. The number of ether oxygens (including phenoxy) is 1. The summed E-state index contributed by atoms with van der Waals surface area (Å²) in [5.74, 6) is -19.2. The van der Waals surface area contributed by atoms with Gasteiger partial charge in [0.1, 0.15) is 72.6 Å². The van der Waals surface area contributed by atoms with E-state index in [2.05, 4.69) is 65.4 Å². The molecular weight excluding hydrogens is 1240 g/mol. The number of amides is 11. The van der Waals surface area contributed by atoms with Crippen molar-refractivity contribution in [3.05, 3.63) is 0 Å². The third-order valence-corrected chi connectivity index (χ3v) is 15.5. The van der Waals surface area contributed by atoms with Crippen LogP contribution in [0.15, 0.2) is 0 Å². The van der Waals surface area contributed by atoms with Crippen LogP contribution in [0.1, 0.15) is 193 Å². The van der Waals surface area contributed by atoms with Gasteiger partial charge in [0.15, 0.2) is 0 Å². The first-order valence-corrected chi connectivity index (χ1v) is 33.2. The Labute approximate surface area is 557 Å². The maximum absolute atomic E-state index is 14.9. The number of unbranched alkanes of at least 4 members (excludes halogenated alkanes) is 4. The number of nitrogens with one attached hydrogen (secondary N) is 11. The van der Waals surface area contributed by atoms with Crippen molar-refractivity contribution in [3.63, 3.8) is 0 Å². The molecule has 31 nitrogen and oxygen atoms in total. The number of aliphatic carboxylic acids is 2. The van der Waals surface area contributed by atoms with Gasteiger partial charge in [-0.3, -0.25) is 62.3 Å². The number of carboxylic acids is 2. The summed E-state index contributed by atoms with van der Waals surface area (Å²) in [5.41, 5.74) is 0. The van der Waals surface area contributed by atoms with Gasteiger partial charge in [-0.05, 0) is 81.0 Å². The molecule has 0 bridgehead atoms. The highest BCUT2D eigenvalue weighted by Gasteiger charge is 2.41. The number of rotatable bonds is 31. The van der Waals surface area contributed by atoms with Crippen molar-refractivity contribution in [2.45, 2.75) is 272 Å². The van der Waals surface area contributed by atoms with Crippen LogP contribution in [0.25, 0.3) is 0 Å². The molecule has 0 aromatic heterocycles. The zero-order valence-electron chi connectivity index (χ0n) is 57.9. The summed E-state index contributed by atoms with van der Waals surface area (Å²) in [6, 6.07) is -19.0. The number of carbonyl (C=O) groups excluding carboxylic acids is 12. The van der Waals surface area contributed by atoms with Gasteiger partial charge in [-0.15, -0.1) is 0 Å². The van der Waals surface area contributed by atoms with Crippen molar-refractivity contribution < 1.29 is 97.4 Å². The van der Waals surface area contributed by atoms with Crippen LogP contribution in [-0.2, 0) is 71.9 Å². The van der Waals surface area contributed by atoms with Crippen molar-refractivity contribution in [2.24, 2.45) is 35.5 Å². The molecule has 31 heteroatoms. The van der Waals surface area contributed by atoms with Crippen molar-refractivity contribution in [1.29, 1.82) is 0 Å². The quantitative estimate of drug-likeness (QED) is 0.0310. The molecule has 0 spiro atoms. The Morgan fingerprint density at radius 2 is 0.884 bits per heavy atom. The standard InChI is InChI=1S/C64H111N11O20/c1-15-17-18-19-20-21-39(78)27-49(79)65-40(22-32(3)4)54(84)69-45(28-50(80)81)59(89)75-53-38(14)95-64(94)46(29-51(82)83)71-62(92)52(37(13)16-2)74-58(88)44(26-36(11)12)68-61(91)48(31-77)73-57(87)42(24-34(7)8)67-60(90)47(30-76)72-56(86)41(23-33(5)6)66-55(85)43(25-35(9)10)70-63(53)93/h32-48,52-53,76-78H,15-31H2,1-14H3,(H,65,79)(H,66,85)(H,67,90)(H,68,91)(H,69,84)(H,70,93)(H,71,92)(H,72,86)(H,73,87)(H,74,88)(H,75,89)(H,80,81)(H,82,83)/t37-,38+,39?,40+,41+,42+,43+,44+,45-,46-,47+,48+,52-,53-/m0/s1. The average molecular weight is 1350 g/mol. The van der Waals surface area contributed by atoms with Crippen LogP contribution in [0.4, 0.5) is 0 Å². The summed E-state index contributed by atoms with van der Waals surface area (Å²) in [7, 11) is 0. The molecule has 16 N–H and O–H groups in total. The summed E-state index contributed by atoms with van der Waals surface area (Å²) in [5, 5.41) is 78.6. The minimum Gasteiger partial charge on any atom is -0.481 e. The van der Waals surface area contributed by atoms with Crippen LogP contribution in [0, 0.1) is 35.5 Å². The molecule has 0 radical (unpaired) electrons. The van der Waals surface area contributed by atoms with Gasteiger partial charge >= 0.3 is 17.9 Å². The number of carbonyl (C=O) groups is 14. The van der Waals surface area contributed by atoms with Crippen LogP contribution in [0.5, 0.6) is 0 Å². The summed E-state index contributed by atoms with van der Waals surface area (Å²) in [6.07, 6.45) is -1.39. The molecule has 14 atom stereocenters. The maximum Gasteiger partial charge on any atom is 0.329 e. The highest BCUT2D eigenvalue weighted by atomic mass is 16.5. The lowest BCUT2D eigenvalue weighted by Gasteiger charge is -2.31. The molecule has 95 heavy (non-hydrogen) atoms. The SMILES string of the molecule is CCCCCCCC(O)CC(=O)N[C@H](CC(C)C)C(=O)N[C@@H](CC(=O)O)C(=O)N[C@@H]1C(=O)N[C@H](CC(C)C)C(=O)N[C@H](CC(C)C)C(=O)N[C@H](CO)C(=O)N[C@H](CC(C)C)C(=O)N[C@H](CO)C(=O)N[C@H](CC(C)C)C(=O)N[C@@H]([C@@H](C)CC)C(=O)N[C@@H](CC(=O)O)C(=O)O[C@@H]1C. The van der Waals surface area contributed by atoms with Gasteiger partial charge in [-0.2, -0.15) is 0 Å². The fraction of sp³-hybridized carbons (Fsp3) is 0.781. The molecule has 542 valence electrons. The van der Waals surface area contributed by atoms with E-state index in [0.29, 0.717) is 12.8 Å². The average Bonchev–Trinajstić information content (AvgIpc) is 0.928. The molecule has 11 amide bonds. The molecule has 1 aliphatic rings. The minimum absolute atomic E-state index is 0.0411. The number of esters is 1. The Balaban J connectivity index is 4.29. The third kappa shape index (κ3) is 32.6. The summed E-state index contributed by atoms with van der Waals surface area (Å²) >= 11 is 0. The Morgan fingerprint density at radius 3 is 1.28 bits per heavy atom. The van der Waals surface area contributed by atoms with E-state index in [1.54, 1.807) is 76.2 Å². The first-order valence-electron chi connectivity index (χ1n) is 33.2. The van der Waals surface area contributed by atoms with Gasteiger partial charge in [-0.25, -0.2) is 4.79 Å². The van der Waals surface area contributed by atoms with Gasteiger partial charge in [0.2, 0.25) is 65.0 Å². The Kier molecular flexibility index (Phi) is 39.2. The van der Waals surface area contributed by atoms with E-state index < -0.39 is 199 Å². The number of hydrogen-bond acceptors (Lipinski definition) is 18. The van der Waals surface area contributed by atoms with Crippen LogP contribution >= 0.6 is 0 Å². The lowest BCUT2D eigenvalue weighted by Crippen LogP contribution is -2.63. The minimum atomic E-state index is -2.20. The molecule has 0 saturated carbocycles. The Bertz CT molecular complexity index is 2570. The monoisotopic (exact) mass is 1350 g/mol. The van der Waals surface area contributed by atoms with E-state index in [9.17, 15) is 92.7 Å². The molecule has 1 saturated heterocycles. The van der Waals surface area contributed by atoms with Crippen LogP contribution in [0.2, 0.25) is 0 Å². The van der Waals surface area contributed by atoms with Crippen molar-refractivity contribution >= 4 is 82.9 Å². The lowest BCUT2D eigenvalue weighted by molar-refractivity contribution is -0.158. The topological polar surface area (TPSA) is 482 Å². The van der Waals surface area contributed by atoms with E-state index >= 15 is 0 Å². The number of carboxylic acid groups (broad SMARTS) is 2. The number of cyclic esters (lactones) is 1. The fourth-order valence-corrected chi connectivity index (χ4v) is 10.3. The highest BCUT2D eigenvalue weighted by molar-refractivity contribution is 6.00. The van der Waals surface area contributed by atoms with Crippen LogP contribution < -0.4 is 58.5 Å². The van der Waals surface area contributed by atoms with Gasteiger partial charge in [-0.1, -0.05) is 129 Å². The predicted octanol–water partition coefficient (Wildman–Crippen LogP) is -0.413. The molecule has 1 rings (SSSR count). The van der Waals surface area contributed by atoms with Crippen molar-refractivity contribution in [2.75, 3.05) is 13.2 Å². The largest absolute Gasteiger partial charge is 0.481 e. The summed E-state index contributed by atoms with van der Waals surface area (Å²) in [6.45, 7) is 21.1. The Hall–Kier alpha value is -7.54. The molecule has 1 fully saturated rings. The summed E-state index contributed by atoms with van der Waals surface area (Å²) < 4.78 is 5.68. The molecular formula is C64H111N11O20. The number of aliphatic hydroxyl groups is 3. The molecule has 0 aromatic carbocycles. The van der Waals surface area contributed by atoms with E-state index in [1.807, 2.05) is 0 Å². The molecule has 1 heterocycles. The third-order valence-electron chi connectivity index (χ3n) is 15.5. The zero-order valence-corrected chi connectivity index (χ0v) is 57.9. The van der Waals surface area contributed by atoms with E-state index in [4.69, 9.17) is 4.74 Å². The predicted molar refractivity (Wildman–Crippen MR) is 346 cm³/mol. The fourth-order valence-electron chi connectivity index (χ4n) is 10.3. The first-order chi connectivity index (χ1) is 44.4. The number of hydrogen-bond donors (Lipinski definition) is 16. The van der Waals surface area contributed by atoms with Crippen LogP contribution in [0.3, 0.4) is 0 Å². The first kappa shape index (κ1) is 85.5. The molecule has 0 aromatic rings. The van der Waals surface area contributed by atoms with Crippen LogP contribution in [-0.4, -0.2) is 200 Å². The van der Waals surface area contributed by atoms with Gasteiger partial charge < -0.3 is 88.8 Å². The molecule has 1 unspecified atom stereocenters. The lowest BCUT2D eigenvalue weighted by atomic mass is 9.96. The van der Waals surface area contributed by atoms with Crippen molar-refractivity contribution in [1.82, 2.24) is 58.5 Å². The normalized spacial score (nSPS) is 24.2. The second kappa shape index (κ2) is 43.5. The van der Waals surface area contributed by atoms with E-state index in [0.717, 1.165) is 32.6 Å². The van der Waals surface area contributed by atoms with Crippen molar-refractivity contribution in [3.8, 4) is 0 Å². The smallest absolute Gasteiger partial charge is 0.329 e. The molecule has 1 aliphatic heterocycles. The van der Waals surface area contributed by atoms with E-state index in [1.165, 1.54) is 6.92 Å². The molecule has 0 aliphatic carbocycles. The second-order valence-corrected chi connectivity index (χ2v) is 26.9. The van der Waals surface area contributed by atoms with E-state index in [-0.39, 0.29) is 68.6 Å². The highest BCUT2D eigenvalue weighted by Crippen LogP contribution is 2.17.